The summed E-state index contributed by atoms with van der Waals surface area (Å²) in [5, 5.41) is 15.5. The quantitative estimate of drug-likeness (QED) is 0.349. The Hall–Kier alpha value is -1.96. The molecule has 3 N–H and O–H groups in total. The van der Waals surface area contributed by atoms with Crippen LogP contribution in [0.15, 0.2) is 0 Å². The third kappa shape index (κ3) is 2.96. The van der Waals surface area contributed by atoms with Gasteiger partial charge >= 0.3 is 5.69 Å². The van der Waals surface area contributed by atoms with Gasteiger partial charge in [-0.1, -0.05) is 13.8 Å². The van der Waals surface area contributed by atoms with Gasteiger partial charge in [-0.3, -0.25) is 25.0 Å². The molecule has 112 valence electrons. The Labute approximate surface area is 117 Å². The summed E-state index contributed by atoms with van der Waals surface area (Å²) in [6, 6.07) is 0. The van der Waals surface area contributed by atoms with E-state index in [1.54, 1.807) is 18.5 Å². The van der Waals surface area contributed by atoms with Crippen LogP contribution in [-0.2, 0) is 24.2 Å². The van der Waals surface area contributed by atoms with Gasteiger partial charge in [0.25, 0.3) is 0 Å². The van der Waals surface area contributed by atoms with Crippen LogP contribution >= 0.6 is 0 Å². The Bertz CT molecular complexity index is 521. The molecule has 0 saturated carbocycles. The molecule has 20 heavy (non-hydrogen) atoms. The van der Waals surface area contributed by atoms with Crippen LogP contribution < -0.4 is 11.3 Å². The standard InChI is InChI=1S/C12H21N5O3/c1-5-8-10(17(19)20)9(6-2)16(15-8)7-12(3,4)11(18)14-13/h5-7,13H2,1-4H3,(H,14,18). The van der Waals surface area contributed by atoms with E-state index in [2.05, 4.69) is 10.5 Å². The molecule has 1 amide bonds. The van der Waals surface area contributed by atoms with Gasteiger partial charge in [0, 0.05) is 0 Å². The van der Waals surface area contributed by atoms with Crippen LogP contribution in [0.2, 0.25) is 0 Å². The molecule has 8 nitrogen and oxygen atoms in total. The van der Waals surface area contributed by atoms with E-state index < -0.39 is 10.3 Å². The lowest BCUT2D eigenvalue weighted by Gasteiger charge is -2.22. The topological polar surface area (TPSA) is 116 Å². The average molecular weight is 283 g/mol. The number of carbonyl (C=O) groups is 1. The molecule has 1 rings (SSSR count). The van der Waals surface area contributed by atoms with E-state index in [1.807, 2.05) is 13.8 Å². The number of amides is 1. The SMILES string of the molecule is CCc1nn(CC(C)(C)C(=O)NN)c(CC)c1[N+](=O)[O-]. The van der Waals surface area contributed by atoms with Crippen LogP contribution in [0.3, 0.4) is 0 Å². The first-order valence-corrected chi connectivity index (χ1v) is 6.52. The zero-order chi connectivity index (χ0) is 15.5. The van der Waals surface area contributed by atoms with E-state index >= 15 is 0 Å². The molecule has 0 fully saturated rings. The Morgan fingerprint density at radius 2 is 2.05 bits per heavy atom. The zero-order valence-electron chi connectivity index (χ0n) is 12.3. The first kappa shape index (κ1) is 16.1. The number of aromatic nitrogens is 2. The number of nitro groups is 1. The summed E-state index contributed by atoms with van der Waals surface area (Å²) in [4.78, 5) is 22.5. The number of hydrogen-bond donors (Lipinski definition) is 2. The largest absolute Gasteiger partial charge is 0.313 e. The normalized spacial score (nSPS) is 11.4. The number of nitrogens with zero attached hydrogens (tertiary/aromatic N) is 3. The van der Waals surface area contributed by atoms with Crippen molar-refractivity contribution in [2.24, 2.45) is 11.3 Å². The maximum atomic E-state index is 11.7. The fourth-order valence-corrected chi connectivity index (χ4v) is 2.11. The molecule has 0 spiro atoms. The Balaban J connectivity index is 3.26. The Kier molecular flexibility index (Phi) is 4.83. The molecule has 0 aliphatic carbocycles. The van der Waals surface area contributed by atoms with Crippen LogP contribution in [0.1, 0.15) is 39.1 Å². The molecule has 0 bridgehead atoms. The highest BCUT2D eigenvalue weighted by atomic mass is 16.6. The Morgan fingerprint density at radius 1 is 1.45 bits per heavy atom. The van der Waals surface area contributed by atoms with E-state index in [-0.39, 0.29) is 18.1 Å². The summed E-state index contributed by atoms with van der Waals surface area (Å²) in [6.45, 7) is 7.31. The van der Waals surface area contributed by atoms with Crippen LogP contribution in [0, 0.1) is 15.5 Å². The molecule has 0 aliphatic heterocycles. The molecule has 1 aromatic heterocycles. The van der Waals surface area contributed by atoms with Crippen molar-refractivity contribution in [1.82, 2.24) is 15.2 Å². The smallest absolute Gasteiger partial charge is 0.294 e. The third-order valence-electron chi connectivity index (χ3n) is 3.24. The monoisotopic (exact) mass is 283 g/mol. The summed E-state index contributed by atoms with van der Waals surface area (Å²) in [5.41, 5.74) is 2.33. The molecule has 0 radical (unpaired) electrons. The lowest BCUT2D eigenvalue weighted by atomic mass is 9.92. The van der Waals surface area contributed by atoms with Gasteiger partial charge in [0.1, 0.15) is 11.4 Å². The first-order valence-electron chi connectivity index (χ1n) is 6.52. The summed E-state index contributed by atoms with van der Waals surface area (Å²) < 4.78 is 1.55. The van der Waals surface area contributed by atoms with Crippen molar-refractivity contribution in [2.45, 2.75) is 47.1 Å². The number of hydrazine groups is 1. The van der Waals surface area contributed by atoms with Crippen LogP contribution in [0.5, 0.6) is 0 Å². The van der Waals surface area contributed by atoms with Crippen LogP contribution in [0.25, 0.3) is 0 Å². The maximum absolute atomic E-state index is 11.7. The number of hydrogen-bond acceptors (Lipinski definition) is 5. The van der Waals surface area contributed by atoms with Gasteiger partial charge < -0.3 is 0 Å². The predicted octanol–water partition coefficient (Wildman–Crippen LogP) is 0.932. The van der Waals surface area contributed by atoms with Gasteiger partial charge in [-0.15, -0.1) is 0 Å². The fourth-order valence-electron chi connectivity index (χ4n) is 2.11. The van der Waals surface area contributed by atoms with Gasteiger partial charge in [-0.05, 0) is 26.7 Å². The van der Waals surface area contributed by atoms with E-state index in [4.69, 9.17) is 5.84 Å². The summed E-state index contributed by atoms with van der Waals surface area (Å²) in [5.74, 6) is 4.82. The second kappa shape index (κ2) is 6.00. The first-order chi connectivity index (χ1) is 9.28. The minimum absolute atomic E-state index is 0.0546. The number of carbonyl (C=O) groups excluding carboxylic acids is 1. The minimum Gasteiger partial charge on any atom is -0.294 e. The third-order valence-corrected chi connectivity index (χ3v) is 3.24. The lowest BCUT2D eigenvalue weighted by Crippen LogP contribution is -2.43. The van der Waals surface area contributed by atoms with E-state index in [1.165, 1.54) is 0 Å². The van der Waals surface area contributed by atoms with Gasteiger partial charge in [-0.25, -0.2) is 5.84 Å². The maximum Gasteiger partial charge on any atom is 0.313 e. The number of nitrogens with one attached hydrogen (secondary N) is 1. The number of rotatable bonds is 6. The molecular formula is C12H21N5O3. The molecule has 8 heteroatoms. The van der Waals surface area contributed by atoms with Crippen molar-refractivity contribution >= 4 is 11.6 Å². The van der Waals surface area contributed by atoms with Gasteiger partial charge in [0.2, 0.25) is 5.91 Å². The van der Waals surface area contributed by atoms with Crippen LogP contribution in [-0.4, -0.2) is 20.6 Å². The van der Waals surface area contributed by atoms with E-state index in [9.17, 15) is 14.9 Å². The number of aryl methyl sites for hydroxylation is 1. The highest BCUT2D eigenvalue weighted by molar-refractivity contribution is 5.81. The van der Waals surface area contributed by atoms with Crippen molar-refractivity contribution in [1.29, 1.82) is 0 Å². The molecule has 0 unspecified atom stereocenters. The highest BCUT2D eigenvalue weighted by Crippen LogP contribution is 2.27. The predicted molar refractivity (Wildman–Crippen MR) is 73.7 cm³/mol. The second-order valence-corrected chi connectivity index (χ2v) is 5.22. The van der Waals surface area contributed by atoms with E-state index in [0.717, 1.165) is 0 Å². The second-order valence-electron chi connectivity index (χ2n) is 5.22. The van der Waals surface area contributed by atoms with Crippen molar-refractivity contribution < 1.29 is 9.72 Å². The van der Waals surface area contributed by atoms with E-state index in [0.29, 0.717) is 24.2 Å². The summed E-state index contributed by atoms with van der Waals surface area (Å²) in [7, 11) is 0. The van der Waals surface area contributed by atoms with Crippen LogP contribution in [0.4, 0.5) is 5.69 Å². The summed E-state index contributed by atoms with van der Waals surface area (Å²) in [6.07, 6.45) is 0.948. The zero-order valence-corrected chi connectivity index (χ0v) is 12.3. The molecule has 0 saturated heterocycles. The fraction of sp³-hybridized carbons (Fsp3) is 0.667. The molecule has 1 aromatic rings. The van der Waals surface area contributed by atoms with Gasteiger partial charge in [-0.2, -0.15) is 5.10 Å². The molecule has 1 heterocycles. The van der Waals surface area contributed by atoms with Crippen molar-refractivity contribution in [3.05, 3.63) is 21.5 Å². The van der Waals surface area contributed by atoms with Crippen molar-refractivity contribution in [3.8, 4) is 0 Å². The highest BCUT2D eigenvalue weighted by Gasteiger charge is 2.32. The van der Waals surface area contributed by atoms with Crippen molar-refractivity contribution in [3.63, 3.8) is 0 Å². The Morgan fingerprint density at radius 3 is 2.45 bits per heavy atom. The minimum atomic E-state index is -0.802. The van der Waals surface area contributed by atoms with Gasteiger partial charge in [0.05, 0.1) is 16.9 Å². The molecule has 0 aliphatic rings. The molecule has 0 atom stereocenters. The number of nitrogens with two attached hydrogens (primary N) is 1. The lowest BCUT2D eigenvalue weighted by molar-refractivity contribution is -0.386. The van der Waals surface area contributed by atoms with Crippen molar-refractivity contribution in [2.75, 3.05) is 0 Å². The van der Waals surface area contributed by atoms with Gasteiger partial charge in [0.15, 0.2) is 0 Å². The molecular weight excluding hydrogens is 262 g/mol. The molecule has 0 aromatic carbocycles. The average Bonchev–Trinajstić information content (AvgIpc) is 2.74. The summed E-state index contributed by atoms with van der Waals surface area (Å²) >= 11 is 0.